The van der Waals surface area contributed by atoms with E-state index in [1.807, 2.05) is 24.3 Å². The molecule has 0 aromatic heterocycles. The van der Waals surface area contributed by atoms with Crippen molar-refractivity contribution in [2.75, 3.05) is 20.2 Å². The number of nitrogens with two attached hydrogens (primary N) is 1. The minimum Gasteiger partial charge on any atom is -0.497 e. The van der Waals surface area contributed by atoms with E-state index < -0.39 is 0 Å². The van der Waals surface area contributed by atoms with Gasteiger partial charge in [0.25, 0.3) is 0 Å². The number of carbonyl (C=O) groups is 2. The molecule has 6 nitrogen and oxygen atoms in total. The van der Waals surface area contributed by atoms with E-state index in [1.165, 1.54) is 0 Å². The van der Waals surface area contributed by atoms with Gasteiger partial charge in [0.15, 0.2) is 0 Å². The average Bonchev–Trinajstić information content (AvgIpc) is 3.22. The lowest BCUT2D eigenvalue weighted by Crippen LogP contribution is -2.43. The van der Waals surface area contributed by atoms with E-state index in [0.717, 1.165) is 30.6 Å². The molecule has 3 atom stereocenters. The summed E-state index contributed by atoms with van der Waals surface area (Å²) in [6.45, 7) is 1.62. The minimum atomic E-state index is -0.259. The summed E-state index contributed by atoms with van der Waals surface area (Å²) < 4.78 is 5.15. The van der Waals surface area contributed by atoms with E-state index in [2.05, 4.69) is 5.32 Å². The van der Waals surface area contributed by atoms with E-state index >= 15 is 0 Å². The van der Waals surface area contributed by atoms with Crippen LogP contribution in [-0.4, -0.2) is 43.0 Å². The largest absolute Gasteiger partial charge is 0.497 e. The second-order valence-electron chi connectivity index (χ2n) is 7.07. The SMILES string of the molecule is COc1ccc(CN2CC(C(=O)NC3CCCC3CN)CC2=O)cc1. The molecule has 1 aliphatic carbocycles. The third-order valence-electron chi connectivity index (χ3n) is 5.41. The summed E-state index contributed by atoms with van der Waals surface area (Å²) >= 11 is 0. The highest BCUT2D eigenvalue weighted by atomic mass is 16.5. The predicted octanol–water partition coefficient (Wildman–Crippen LogP) is 1.29. The Kier molecular flexibility index (Phi) is 5.58. The number of carbonyl (C=O) groups excluding carboxylic acids is 2. The smallest absolute Gasteiger partial charge is 0.225 e. The number of nitrogens with one attached hydrogen (secondary N) is 1. The van der Waals surface area contributed by atoms with Crippen molar-refractivity contribution in [2.45, 2.75) is 38.3 Å². The van der Waals surface area contributed by atoms with Crippen LogP contribution < -0.4 is 15.8 Å². The molecule has 3 N–H and O–H groups in total. The minimum absolute atomic E-state index is 0.00377. The van der Waals surface area contributed by atoms with E-state index in [-0.39, 0.29) is 23.8 Å². The Morgan fingerprint density at radius 3 is 2.76 bits per heavy atom. The molecule has 1 saturated carbocycles. The molecule has 0 radical (unpaired) electrons. The normalized spacial score (nSPS) is 26.1. The molecule has 1 aromatic rings. The zero-order valence-electron chi connectivity index (χ0n) is 14.7. The van der Waals surface area contributed by atoms with Gasteiger partial charge in [0, 0.05) is 25.6 Å². The van der Waals surface area contributed by atoms with Gasteiger partial charge in [-0.15, -0.1) is 0 Å². The third-order valence-corrected chi connectivity index (χ3v) is 5.41. The highest BCUT2D eigenvalue weighted by Crippen LogP contribution is 2.26. The van der Waals surface area contributed by atoms with Crippen LogP contribution in [0.15, 0.2) is 24.3 Å². The van der Waals surface area contributed by atoms with Crippen LogP contribution in [0.3, 0.4) is 0 Å². The molecule has 136 valence electrons. The van der Waals surface area contributed by atoms with Crippen molar-refractivity contribution in [3.05, 3.63) is 29.8 Å². The summed E-state index contributed by atoms with van der Waals surface area (Å²) in [5.41, 5.74) is 6.82. The average molecular weight is 345 g/mol. The fraction of sp³-hybridized carbons (Fsp3) is 0.579. The van der Waals surface area contributed by atoms with Crippen LogP contribution in [0.1, 0.15) is 31.2 Å². The number of rotatable bonds is 6. The van der Waals surface area contributed by atoms with E-state index in [0.29, 0.717) is 32.0 Å². The maximum atomic E-state index is 12.5. The third kappa shape index (κ3) is 4.12. The van der Waals surface area contributed by atoms with Gasteiger partial charge in [-0.1, -0.05) is 18.6 Å². The molecule has 0 spiro atoms. The van der Waals surface area contributed by atoms with Gasteiger partial charge >= 0.3 is 0 Å². The van der Waals surface area contributed by atoms with Crippen molar-refractivity contribution >= 4 is 11.8 Å². The number of hydrogen-bond acceptors (Lipinski definition) is 4. The van der Waals surface area contributed by atoms with Gasteiger partial charge in [-0.2, -0.15) is 0 Å². The Labute approximate surface area is 148 Å². The van der Waals surface area contributed by atoms with Crippen LogP contribution in [0.4, 0.5) is 0 Å². The first-order chi connectivity index (χ1) is 12.1. The fourth-order valence-electron chi connectivity index (χ4n) is 3.86. The van der Waals surface area contributed by atoms with Crippen LogP contribution >= 0.6 is 0 Å². The lowest BCUT2D eigenvalue weighted by molar-refractivity contribution is -0.129. The van der Waals surface area contributed by atoms with Gasteiger partial charge in [0.05, 0.1) is 13.0 Å². The highest BCUT2D eigenvalue weighted by molar-refractivity contribution is 5.89. The van der Waals surface area contributed by atoms with Gasteiger partial charge in [-0.25, -0.2) is 0 Å². The molecule has 2 aliphatic rings. The molecule has 3 unspecified atom stereocenters. The highest BCUT2D eigenvalue weighted by Gasteiger charge is 2.36. The van der Waals surface area contributed by atoms with Gasteiger partial charge in [-0.3, -0.25) is 9.59 Å². The summed E-state index contributed by atoms with van der Waals surface area (Å²) in [5, 5.41) is 3.13. The second kappa shape index (κ2) is 7.87. The molecule has 1 saturated heterocycles. The van der Waals surface area contributed by atoms with Gasteiger partial charge in [0.2, 0.25) is 11.8 Å². The number of ether oxygens (including phenoxy) is 1. The predicted molar refractivity (Wildman–Crippen MR) is 94.8 cm³/mol. The number of amides is 2. The number of methoxy groups -OCH3 is 1. The summed E-state index contributed by atoms with van der Waals surface area (Å²) in [4.78, 5) is 26.6. The van der Waals surface area contributed by atoms with Crippen molar-refractivity contribution in [1.29, 1.82) is 0 Å². The lowest BCUT2D eigenvalue weighted by Gasteiger charge is -2.22. The molecule has 6 heteroatoms. The molecule has 2 amide bonds. The van der Waals surface area contributed by atoms with E-state index in [9.17, 15) is 9.59 Å². The standard InChI is InChI=1S/C19H27N3O3/c1-25-16-7-5-13(6-8-16)11-22-12-15(9-18(22)23)19(24)21-17-4-2-3-14(17)10-20/h5-8,14-15,17H,2-4,9-12,20H2,1H3,(H,21,24). The molecule has 25 heavy (non-hydrogen) atoms. The quantitative estimate of drug-likeness (QED) is 0.814. The van der Waals surface area contributed by atoms with Crippen LogP contribution in [0.2, 0.25) is 0 Å². The van der Waals surface area contributed by atoms with Crippen LogP contribution in [0.25, 0.3) is 0 Å². The number of hydrogen-bond donors (Lipinski definition) is 2. The molecule has 1 heterocycles. The zero-order valence-corrected chi connectivity index (χ0v) is 14.7. The van der Waals surface area contributed by atoms with Crippen LogP contribution in [-0.2, 0) is 16.1 Å². The van der Waals surface area contributed by atoms with Gasteiger partial charge in [0.1, 0.15) is 5.75 Å². The molecular formula is C19H27N3O3. The number of benzene rings is 1. The van der Waals surface area contributed by atoms with Crippen molar-refractivity contribution in [3.8, 4) is 5.75 Å². The fourth-order valence-corrected chi connectivity index (χ4v) is 3.86. The zero-order chi connectivity index (χ0) is 17.8. The lowest BCUT2D eigenvalue weighted by atomic mass is 10.0. The van der Waals surface area contributed by atoms with E-state index in [4.69, 9.17) is 10.5 Å². The van der Waals surface area contributed by atoms with Crippen LogP contribution in [0, 0.1) is 11.8 Å². The molecule has 1 aliphatic heterocycles. The van der Waals surface area contributed by atoms with Crippen molar-refractivity contribution in [3.63, 3.8) is 0 Å². The Hall–Kier alpha value is -2.08. The Morgan fingerprint density at radius 1 is 1.32 bits per heavy atom. The maximum Gasteiger partial charge on any atom is 0.225 e. The first kappa shape index (κ1) is 17.7. The molecule has 2 fully saturated rings. The number of nitrogens with zero attached hydrogens (tertiary/aromatic N) is 1. The molecule has 0 bridgehead atoms. The summed E-state index contributed by atoms with van der Waals surface area (Å²) in [6.07, 6.45) is 3.47. The maximum absolute atomic E-state index is 12.5. The van der Waals surface area contributed by atoms with Crippen molar-refractivity contribution in [2.24, 2.45) is 17.6 Å². The Balaban J connectivity index is 1.55. The summed E-state index contributed by atoms with van der Waals surface area (Å²) in [6, 6.07) is 7.83. The first-order valence-electron chi connectivity index (χ1n) is 9.02. The Morgan fingerprint density at radius 2 is 2.08 bits per heavy atom. The van der Waals surface area contributed by atoms with Crippen molar-refractivity contribution < 1.29 is 14.3 Å². The summed E-state index contributed by atoms with van der Waals surface area (Å²) in [7, 11) is 1.63. The van der Waals surface area contributed by atoms with Crippen LogP contribution in [0.5, 0.6) is 5.75 Å². The van der Waals surface area contributed by atoms with Crippen molar-refractivity contribution in [1.82, 2.24) is 10.2 Å². The molecule has 1 aromatic carbocycles. The van der Waals surface area contributed by atoms with E-state index in [1.54, 1.807) is 12.0 Å². The molecular weight excluding hydrogens is 318 g/mol. The topological polar surface area (TPSA) is 84.7 Å². The molecule has 3 rings (SSSR count). The monoisotopic (exact) mass is 345 g/mol. The number of likely N-dealkylation sites (tertiary alicyclic amines) is 1. The first-order valence-corrected chi connectivity index (χ1v) is 9.02. The van der Waals surface area contributed by atoms with Gasteiger partial charge in [-0.05, 0) is 43.0 Å². The second-order valence-corrected chi connectivity index (χ2v) is 7.07. The Bertz CT molecular complexity index is 617. The van der Waals surface area contributed by atoms with Gasteiger partial charge < -0.3 is 20.7 Å². The summed E-state index contributed by atoms with van der Waals surface area (Å²) in [5.74, 6) is 0.940.